The summed E-state index contributed by atoms with van der Waals surface area (Å²) in [5, 5.41) is 18.5. The smallest absolute Gasteiger partial charge is 0.0734 e. The predicted molar refractivity (Wildman–Crippen MR) is 102 cm³/mol. The quantitative estimate of drug-likeness (QED) is 0.471. The summed E-state index contributed by atoms with van der Waals surface area (Å²) in [6.45, 7) is 3.98. The number of hydrogen-bond acceptors (Lipinski definition) is 3. The van der Waals surface area contributed by atoms with Crippen LogP contribution in [0.2, 0.25) is 0 Å². The molecule has 0 aliphatic rings. The molecule has 126 valence electrons. The summed E-state index contributed by atoms with van der Waals surface area (Å²) < 4.78 is 5.45. The Morgan fingerprint density at radius 2 is 1.67 bits per heavy atom. The van der Waals surface area contributed by atoms with Gasteiger partial charge in [0.15, 0.2) is 0 Å². The number of fused-ring (bicyclic) bond motifs is 3. The second-order valence-corrected chi connectivity index (χ2v) is 6.13. The van der Waals surface area contributed by atoms with Crippen LogP contribution >= 0.6 is 0 Å². The molecule has 0 fully saturated rings. The summed E-state index contributed by atoms with van der Waals surface area (Å²) in [6.07, 6.45) is 1.25. The zero-order valence-electron chi connectivity index (χ0n) is 14.2. The van der Waals surface area contributed by atoms with Gasteiger partial charge in [-0.2, -0.15) is 0 Å². The van der Waals surface area contributed by atoms with Crippen LogP contribution in [0.4, 0.5) is 5.69 Å². The van der Waals surface area contributed by atoms with Crippen molar-refractivity contribution in [2.75, 3.05) is 25.1 Å². The van der Waals surface area contributed by atoms with Crippen molar-refractivity contribution >= 4 is 27.2 Å². The summed E-state index contributed by atoms with van der Waals surface area (Å²) in [4.78, 5) is 0. The van der Waals surface area contributed by atoms with E-state index in [1.165, 1.54) is 21.5 Å². The largest absolute Gasteiger partial charge is 0.391 e. The molecule has 3 rings (SSSR count). The van der Waals surface area contributed by atoms with Crippen LogP contribution in [0.15, 0.2) is 54.6 Å². The fourth-order valence-corrected chi connectivity index (χ4v) is 3.00. The minimum absolute atomic E-state index is 0.410. The van der Waals surface area contributed by atoms with E-state index in [2.05, 4.69) is 66.8 Å². The third-order valence-electron chi connectivity index (χ3n) is 4.24. The number of benzene rings is 3. The number of ether oxygens (including phenoxy) is 1. The van der Waals surface area contributed by atoms with Crippen molar-refractivity contribution in [1.82, 2.24) is 0 Å². The van der Waals surface area contributed by atoms with Gasteiger partial charge in [0.1, 0.15) is 0 Å². The first-order valence-electron chi connectivity index (χ1n) is 8.69. The van der Waals surface area contributed by atoms with Crippen LogP contribution in [0.5, 0.6) is 0 Å². The van der Waals surface area contributed by atoms with Gasteiger partial charge < -0.3 is 15.2 Å². The summed E-state index contributed by atoms with van der Waals surface area (Å²) in [5.74, 6) is 0. The van der Waals surface area contributed by atoms with E-state index in [1.54, 1.807) is 0 Å². The Kier molecular flexibility index (Phi) is 5.68. The van der Waals surface area contributed by atoms with Gasteiger partial charge in [0, 0.05) is 30.8 Å². The van der Waals surface area contributed by atoms with E-state index in [4.69, 9.17) is 4.74 Å². The van der Waals surface area contributed by atoms with Crippen LogP contribution in [0.1, 0.15) is 19.8 Å². The standard InChI is InChI=1S/C21H25NO2/c1-2-12-24-13-11-17(23)15-22-21-14-16-7-3-4-8-18(16)19-9-5-6-10-20(19)21/h3-10,14,17,22-23H,2,11-13,15H2,1H3. The van der Waals surface area contributed by atoms with Crippen LogP contribution in [0, 0.1) is 0 Å². The first kappa shape index (κ1) is 16.7. The van der Waals surface area contributed by atoms with Crippen LogP contribution in [-0.2, 0) is 4.74 Å². The van der Waals surface area contributed by atoms with E-state index in [0.717, 1.165) is 18.7 Å². The minimum atomic E-state index is -0.410. The van der Waals surface area contributed by atoms with Gasteiger partial charge in [-0.05, 0) is 35.1 Å². The molecule has 2 N–H and O–H groups in total. The lowest BCUT2D eigenvalue weighted by Gasteiger charge is -2.16. The molecule has 0 saturated carbocycles. The lowest BCUT2D eigenvalue weighted by atomic mass is 10.0. The molecule has 3 nitrogen and oxygen atoms in total. The lowest BCUT2D eigenvalue weighted by Crippen LogP contribution is -2.21. The minimum Gasteiger partial charge on any atom is -0.391 e. The van der Waals surface area contributed by atoms with Gasteiger partial charge in [-0.1, -0.05) is 55.5 Å². The van der Waals surface area contributed by atoms with Crippen molar-refractivity contribution in [3.63, 3.8) is 0 Å². The molecule has 0 aliphatic carbocycles. The second-order valence-electron chi connectivity index (χ2n) is 6.13. The molecule has 0 saturated heterocycles. The van der Waals surface area contributed by atoms with Crippen LogP contribution in [-0.4, -0.2) is 31.0 Å². The maximum atomic E-state index is 10.2. The van der Waals surface area contributed by atoms with Gasteiger partial charge >= 0.3 is 0 Å². The van der Waals surface area contributed by atoms with Crippen molar-refractivity contribution in [3.8, 4) is 0 Å². The zero-order valence-corrected chi connectivity index (χ0v) is 14.2. The Balaban J connectivity index is 1.76. The number of hydrogen-bond donors (Lipinski definition) is 2. The highest BCUT2D eigenvalue weighted by atomic mass is 16.5. The first-order chi connectivity index (χ1) is 11.8. The van der Waals surface area contributed by atoms with Crippen LogP contribution in [0.25, 0.3) is 21.5 Å². The second kappa shape index (κ2) is 8.13. The van der Waals surface area contributed by atoms with Gasteiger partial charge in [0.25, 0.3) is 0 Å². The maximum absolute atomic E-state index is 10.2. The molecule has 1 atom stereocenters. The van der Waals surface area contributed by atoms with Crippen molar-refractivity contribution in [3.05, 3.63) is 54.6 Å². The van der Waals surface area contributed by atoms with E-state index < -0.39 is 6.10 Å². The Bertz CT molecular complexity index is 800. The molecule has 0 amide bonds. The normalized spacial score (nSPS) is 12.6. The van der Waals surface area contributed by atoms with Gasteiger partial charge in [0.2, 0.25) is 0 Å². The van der Waals surface area contributed by atoms with Gasteiger partial charge in [-0.15, -0.1) is 0 Å². The molecule has 0 spiro atoms. The van der Waals surface area contributed by atoms with Crippen molar-refractivity contribution < 1.29 is 9.84 Å². The van der Waals surface area contributed by atoms with E-state index in [0.29, 0.717) is 19.6 Å². The fourth-order valence-electron chi connectivity index (χ4n) is 3.00. The number of aliphatic hydroxyl groups is 1. The molecule has 0 heterocycles. The molecule has 0 aromatic heterocycles. The topological polar surface area (TPSA) is 41.5 Å². The number of nitrogens with one attached hydrogen (secondary N) is 1. The first-order valence-corrected chi connectivity index (χ1v) is 8.69. The van der Waals surface area contributed by atoms with Crippen molar-refractivity contribution in [2.45, 2.75) is 25.9 Å². The Labute approximate surface area is 143 Å². The summed E-state index contributed by atoms with van der Waals surface area (Å²) in [5.41, 5.74) is 1.07. The van der Waals surface area contributed by atoms with Gasteiger partial charge in [-0.3, -0.25) is 0 Å². The van der Waals surface area contributed by atoms with Crippen molar-refractivity contribution in [2.24, 2.45) is 0 Å². The highest BCUT2D eigenvalue weighted by Gasteiger charge is 2.08. The highest BCUT2D eigenvalue weighted by Crippen LogP contribution is 2.31. The third-order valence-corrected chi connectivity index (χ3v) is 4.24. The summed E-state index contributed by atoms with van der Waals surface area (Å²) in [7, 11) is 0. The molecular weight excluding hydrogens is 298 g/mol. The third kappa shape index (κ3) is 3.86. The fraction of sp³-hybridized carbons (Fsp3) is 0.333. The molecular formula is C21H25NO2. The number of aliphatic hydroxyl groups excluding tert-OH is 1. The Morgan fingerprint density at radius 3 is 2.46 bits per heavy atom. The van der Waals surface area contributed by atoms with Gasteiger partial charge in [0.05, 0.1) is 6.10 Å². The zero-order chi connectivity index (χ0) is 16.8. The number of anilines is 1. The van der Waals surface area contributed by atoms with Crippen molar-refractivity contribution in [1.29, 1.82) is 0 Å². The summed E-state index contributed by atoms with van der Waals surface area (Å²) in [6, 6.07) is 19.0. The number of rotatable bonds is 8. The molecule has 0 aliphatic heterocycles. The molecule has 0 bridgehead atoms. The molecule has 3 aromatic rings. The molecule has 3 aromatic carbocycles. The molecule has 0 radical (unpaired) electrons. The van der Waals surface area contributed by atoms with E-state index in [1.807, 2.05) is 0 Å². The van der Waals surface area contributed by atoms with Gasteiger partial charge in [-0.25, -0.2) is 0 Å². The molecule has 1 unspecified atom stereocenters. The SMILES string of the molecule is CCCOCCC(O)CNc1cc2ccccc2c2ccccc12. The average molecular weight is 323 g/mol. The molecule has 24 heavy (non-hydrogen) atoms. The monoisotopic (exact) mass is 323 g/mol. The predicted octanol–water partition coefficient (Wildman–Crippen LogP) is 4.58. The maximum Gasteiger partial charge on any atom is 0.0734 e. The van der Waals surface area contributed by atoms with E-state index >= 15 is 0 Å². The summed E-state index contributed by atoms with van der Waals surface area (Å²) >= 11 is 0. The molecule has 3 heteroatoms. The van der Waals surface area contributed by atoms with Crippen LogP contribution in [0.3, 0.4) is 0 Å². The van der Waals surface area contributed by atoms with Crippen LogP contribution < -0.4 is 5.32 Å². The van der Waals surface area contributed by atoms with E-state index in [9.17, 15) is 5.11 Å². The van der Waals surface area contributed by atoms with E-state index in [-0.39, 0.29) is 0 Å². The highest BCUT2D eigenvalue weighted by molar-refractivity contribution is 6.12. The lowest BCUT2D eigenvalue weighted by molar-refractivity contribution is 0.0873. The Morgan fingerprint density at radius 1 is 0.958 bits per heavy atom. The average Bonchev–Trinajstić information content (AvgIpc) is 2.63. The Hall–Kier alpha value is -2.10.